The van der Waals surface area contributed by atoms with Gasteiger partial charge in [-0.05, 0) is 51.2 Å². The van der Waals surface area contributed by atoms with Crippen LogP contribution < -0.4 is 5.73 Å². The Morgan fingerprint density at radius 2 is 1.80 bits per heavy atom. The van der Waals surface area contributed by atoms with Crippen molar-refractivity contribution >= 4 is 39.0 Å². The zero-order valence-electron chi connectivity index (χ0n) is 12.0. The fraction of sp³-hybridized carbons (Fsp3) is 0.375. The number of nitrogens with two attached hydrogens (primary N) is 1. The molecule has 108 valence electrons. The summed E-state index contributed by atoms with van der Waals surface area (Å²) < 4.78 is 1.16. The topological polar surface area (TPSA) is 26.0 Å². The van der Waals surface area contributed by atoms with E-state index >= 15 is 0 Å². The molecule has 0 saturated heterocycles. The highest BCUT2D eigenvalue weighted by Gasteiger charge is 2.16. The second-order valence-corrected chi connectivity index (χ2v) is 9.53. The van der Waals surface area contributed by atoms with E-state index in [-0.39, 0.29) is 5.41 Å². The van der Waals surface area contributed by atoms with Crippen LogP contribution in [0.4, 0.5) is 0 Å². The van der Waals surface area contributed by atoms with Gasteiger partial charge in [0.15, 0.2) is 0 Å². The summed E-state index contributed by atoms with van der Waals surface area (Å²) in [7, 11) is 0. The molecular weight excluding hydrogens is 350 g/mol. The fourth-order valence-corrected chi connectivity index (χ4v) is 4.54. The molecule has 1 unspecified atom stereocenters. The molecule has 0 saturated carbocycles. The van der Waals surface area contributed by atoms with Crippen LogP contribution in [0.15, 0.2) is 45.1 Å². The molecule has 0 aliphatic rings. The first kappa shape index (κ1) is 16.1. The molecule has 2 aromatic rings. The van der Waals surface area contributed by atoms with Crippen LogP contribution >= 0.6 is 39.0 Å². The number of thiophene rings is 1. The highest BCUT2D eigenvalue weighted by molar-refractivity contribution is 9.11. The van der Waals surface area contributed by atoms with Gasteiger partial charge in [0.2, 0.25) is 0 Å². The van der Waals surface area contributed by atoms with Gasteiger partial charge >= 0.3 is 0 Å². The van der Waals surface area contributed by atoms with Crippen molar-refractivity contribution in [2.75, 3.05) is 6.54 Å². The normalized spacial score (nSPS) is 13.4. The van der Waals surface area contributed by atoms with Crippen molar-refractivity contribution in [1.82, 2.24) is 0 Å². The Morgan fingerprint density at radius 1 is 1.15 bits per heavy atom. The maximum Gasteiger partial charge on any atom is 0.0701 e. The fourth-order valence-electron chi connectivity index (χ4n) is 1.92. The van der Waals surface area contributed by atoms with Gasteiger partial charge < -0.3 is 5.73 Å². The van der Waals surface area contributed by atoms with E-state index in [9.17, 15) is 0 Å². The summed E-state index contributed by atoms with van der Waals surface area (Å²) in [5.41, 5.74) is 7.50. The number of hydrogen-bond donors (Lipinski definition) is 1. The number of hydrogen-bond acceptors (Lipinski definition) is 3. The van der Waals surface area contributed by atoms with Gasteiger partial charge in [-0.3, -0.25) is 0 Å². The lowest BCUT2D eigenvalue weighted by Gasteiger charge is -2.19. The van der Waals surface area contributed by atoms with Gasteiger partial charge in [-0.2, -0.15) is 0 Å². The minimum absolute atomic E-state index is 0.203. The van der Waals surface area contributed by atoms with Crippen molar-refractivity contribution in [3.05, 3.63) is 50.6 Å². The minimum Gasteiger partial charge on any atom is -0.329 e. The monoisotopic (exact) mass is 369 g/mol. The highest BCUT2D eigenvalue weighted by Crippen LogP contribution is 2.39. The Bertz CT molecular complexity index is 555. The molecule has 1 heterocycles. The molecule has 2 rings (SSSR count). The van der Waals surface area contributed by atoms with E-state index in [0.29, 0.717) is 11.8 Å². The van der Waals surface area contributed by atoms with Crippen LogP contribution in [0.3, 0.4) is 0 Å². The molecule has 0 radical (unpaired) electrons. The Kier molecular flexibility index (Phi) is 5.35. The van der Waals surface area contributed by atoms with Crippen LogP contribution in [0.1, 0.15) is 36.5 Å². The molecule has 0 spiro atoms. The maximum atomic E-state index is 5.93. The standard InChI is InChI=1S/C16H20BrNS2/c1-16(2,3)11-4-6-12(7-5-11)19-14(10-18)13-8-9-15(17)20-13/h4-9,14H,10,18H2,1-3H3. The minimum atomic E-state index is 0.203. The molecule has 20 heavy (non-hydrogen) atoms. The molecular formula is C16H20BrNS2. The van der Waals surface area contributed by atoms with E-state index in [0.717, 1.165) is 3.79 Å². The quantitative estimate of drug-likeness (QED) is 0.709. The molecule has 0 fully saturated rings. The average Bonchev–Trinajstić information content (AvgIpc) is 2.82. The third kappa shape index (κ3) is 4.10. The van der Waals surface area contributed by atoms with Crippen molar-refractivity contribution in [2.45, 2.75) is 36.3 Å². The first-order valence-corrected chi connectivity index (χ1v) is 9.11. The molecule has 1 atom stereocenters. The predicted molar refractivity (Wildman–Crippen MR) is 94.8 cm³/mol. The lowest BCUT2D eigenvalue weighted by Crippen LogP contribution is -2.10. The summed E-state index contributed by atoms with van der Waals surface area (Å²) in [5, 5.41) is 0.326. The summed E-state index contributed by atoms with van der Waals surface area (Å²) in [4.78, 5) is 2.60. The van der Waals surface area contributed by atoms with Crippen molar-refractivity contribution in [3.63, 3.8) is 0 Å². The third-order valence-electron chi connectivity index (χ3n) is 3.12. The largest absolute Gasteiger partial charge is 0.329 e. The molecule has 2 N–H and O–H groups in total. The van der Waals surface area contributed by atoms with E-state index in [1.807, 2.05) is 11.8 Å². The summed E-state index contributed by atoms with van der Waals surface area (Å²) in [5.74, 6) is 0. The first-order valence-electron chi connectivity index (χ1n) is 6.62. The lowest BCUT2D eigenvalue weighted by atomic mass is 9.87. The molecule has 4 heteroatoms. The third-order valence-corrected chi connectivity index (χ3v) is 6.29. The van der Waals surface area contributed by atoms with Crippen LogP contribution in [0, 0.1) is 0 Å². The Balaban J connectivity index is 2.12. The average molecular weight is 370 g/mol. The second-order valence-electron chi connectivity index (χ2n) is 5.76. The number of halogens is 1. The van der Waals surface area contributed by atoms with Crippen molar-refractivity contribution in [1.29, 1.82) is 0 Å². The van der Waals surface area contributed by atoms with Gasteiger partial charge in [0.25, 0.3) is 0 Å². The molecule has 0 aliphatic carbocycles. The summed E-state index contributed by atoms with van der Waals surface area (Å²) in [6.45, 7) is 7.36. The van der Waals surface area contributed by atoms with Crippen LogP contribution in [-0.2, 0) is 5.41 Å². The second kappa shape index (κ2) is 6.65. The van der Waals surface area contributed by atoms with Gasteiger partial charge in [0.1, 0.15) is 0 Å². The van der Waals surface area contributed by atoms with Gasteiger partial charge in [-0.25, -0.2) is 0 Å². The number of thioether (sulfide) groups is 1. The molecule has 0 aliphatic heterocycles. The van der Waals surface area contributed by atoms with Crippen molar-refractivity contribution in [2.24, 2.45) is 5.73 Å². The van der Waals surface area contributed by atoms with Crippen LogP contribution in [0.2, 0.25) is 0 Å². The van der Waals surface area contributed by atoms with Gasteiger partial charge in [0, 0.05) is 16.3 Å². The number of rotatable bonds is 4. The highest BCUT2D eigenvalue weighted by atomic mass is 79.9. The van der Waals surface area contributed by atoms with E-state index in [1.54, 1.807) is 11.3 Å². The lowest BCUT2D eigenvalue weighted by molar-refractivity contribution is 0.590. The SMILES string of the molecule is CC(C)(C)c1ccc(SC(CN)c2ccc(Br)s2)cc1. The molecule has 0 bridgehead atoms. The molecule has 1 aromatic heterocycles. The Labute approximate surface area is 138 Å². The van der Waals surface area contributed by atoms with Gasteiger partial charge in [0.05, 0.1) is 9.04 Å². The smallest absolute Gasteiger partial charge is 0.0701 e. The number of benzene rings is 1. The van der Waals surface area contributed by atoms with Crippen LogP contribution in [0.5, 0.6) is 0 Å². The van der Waals surface area contributed by atoms with Gasteiger partial charge in [-0.15, -0.1) is 23.1 Å². The maximum absolute atomic E-state index is 5.93. The summed E-state index contributed by atoms with van der Waals surface area (Å²) in [6.07, 6.45) is 0. The summed E-state index contributed by atoms with van der Waals surface area (Å²) >= 11 is 7.12. The van der Waals surface area contributed by atoms with Crippen molar-refractivity contribution < 1.29 is 0 Å². The zero-order chi connectivity index (χ0) is 14.8. The first-order chi connectivity index (χ1) is 9.40. The Hall–Kier alpha value is -0.290. The summed E-state index contributed by atoms with van der Waals surface area (Å²) in [6, 6.07) is 13.1. The van der Waals surface area contributed by atoms with Crippen LogP contribution in [0.25, 0.3) is 0 Å². The molecule has 1 nitrogen and oxygen atoms in total. The van der Waals surface area contributed by atoms with E-state index in [1.165, 1.54) is 15.3 Å². The van der Waals surface area contributed by atoms with Gasteiger partial charge in [-0.1, -0.05) is 32.9 Å². The molecule has 1 aromatic carbocycles. The van der Waals surface area contributed by atoms with E-state index in [4.69, 9.17) is 5.73 Å². The van der Waals surface area contributed by atoms with Crippen LogP contribution in [-0.4, -0.2) is 6.54 Å². The predicted octanol–water partition coefficient (Wildman–Crippen LogP) is 5.60. The van der Waals surface area contributed by atoms with Crippen molar-refractivity contribution in [3.8, 4) is 0 Å². The molecule has 0 amide bonds. The van der Waals surface area contributed by atoms with E-state index in [2.05, 4.69) is 73.1 Å². The van der Waals surface area contributed by atoms with E-state index < -0.39 is 0 Å². The zero-order valence-corrected chi connectivity index (χ0v) is 15.2. The Morgan fingerprint density at radius 3 is 2.25 bits per heavy atom.